The van der Waals surface area contributed by atoms with Gasteiger partial charge in [-0.05, 0) is 46.6 Å². The first-order valence-corrected chi connectivity index (χ1v) is 7.12. The fourth-order valence-corrected chi connectivity index (χ4v) is 2.79. The molecule has 0 saturated carbocycles. The molecule has 1 unspecified atom stereocenters. The molecule has 0 radical (unpaired) electrons. The third-order valence-electron chi connectivity index (χ3n) is 2.09. The Hall–Kier alpha value is -0.360. The number of nitrogens with zero attached hydrogens (tertiary/aromatic N) is 2. The van der Waals surface area contributed by atoms with Crippen LogP contribution >= 0.6 is 50.5 Å². The first-order valence-electron chi connectivity index (χ1n) is 4.76. The van der Waals surface area contributed by atoms with Crippen molar-refractivity contribution in [1.29, 1.82) is 0 Å². The van der Waals surface area contributed by atoms with E-state index >= 15 is 0 Å². The lowest BCUT2D eigenvalue weighted by Gasteiger charge is -2.13. The zero-order valence-electron chi connectivity index (χ0n) is 8.75. The van der Waals surface area contributed by atoms with Crippen LogP contribution in [0.5, 0.6) is 0 Å². The number of anilines is 1. The maximum Gasteiger partial charge on any atom is 0.224 e. The highest BCUT2D eigenvalue weighted by Gasteiger charge is 2.11. The second kappa shape index (κ2) is 5.52. The molecule has 0 aliphatic heterocycles. The lowest BCUT2D eigenvalue weighted by atomic mass is 10.3. The van der Waals surface area contributed by atoms with Crippen LogP contribution in [0.3, 0.4) is 0 Å². The van der Waals surface area contributed by atoms with Gasteiger partial charge in [0.1, 0.15) is 5.82 Å². The number of nitrogens with one attached hydrogen (secondary N) is 1. The van der Waals surface area contributed by atoms with E-state index in [9.17, 15) is 0 Å². The standard InChI is InChI=1S/C10H8BrCl2N3S/c1-5(7-2-3-8(12)17-7)15-9-6(11)4-14-10(13)16-9/h2-5H,1H3,(H,14,15,16). The maximum absolute atomic E-state index is 5.90. The Morgan fingerprint density at radius 1 is 1.41 bits per heavy atom. The van der Waals surface area contributed by atoms with Crippen molar-refractivity contribution in [3.63, 3.8) is 0 Å². The van der Waals surface area contributed by atoms with E-state index < -0.39 is 0 Å². The van der Waals surface area contributed by atoms with E-state index in [1.807, 2.05) is 19.1 Å². The van der Waals surface area contributed by atoms with Crippen LogP contribution in [-0.4, -0.2) is 9.97 Å². The molecule has 0 amide bonds. The monoisotopic (exact) mass is 351 g/mol. The van der Waals surface area contributed by atoms with Crippen LogP contribution in [0, 0.1) is 0 Å². The van der Waals surface area contributed by atoms with Crippen LogP contribution in [0.25, 0.3) is 0 Å². The smallest absolute Gasteiger partial charge is 0.224 e. The van der Waals surface area contributed by atoms with Crippen LogP contribution in [0.4, 0.5) is 5.82 Å². The van der Waals surface area contributed by atoms with Gasteiger partial charge < -0.3 is 5.32 Å². The maximum atomic E-state index is 5.90. The van der Waals surface area contributed by atoms with Gasteiger partial charge in [-0.15, -0.1) is 11.3 Å². The number of halogens is 3. The Labute approximate surface area is 121 Å². The van der Waals surface area contributed by atoms with Gasteiger partial charge in [0.2, 0.25) is 5.28 Å². The van der Waals surface area contributed by atoms with Gasteiger partial charge in [-0.2, -0.15) is 4.98 Å². The van der Waals surface area contributed by atoms with Gasteiger partial charge in [-0.1, -0.05) is 11.6 Å². The molecule has 0 spiro atoms. The summed E-state index contributed by atoms with van der Waals surface area (Å²) in [4.78, 5) is 9.12. The molecule has 7 heteroatoms. The van der Waals surface area contributed by atoms with E-state index in [1.54, 1.807) is 6.20 Å². The molecule has 0 bridgehead atoms. The summed E-state index contributed by atoms with van der Waals surface area (Å²) in [6.07, 6.45) is 1.62. The van der Waals surface area contributed by atoms with Gasteiger partial charge in [0.15, 0.2) is 0 Å². The third kappa shape index (κ3) is 3.31. The van der Waals surface area contributed by atoms with Crippen molar-refractivity contribution < 1.29 is 0 Å². The minimum atomic E-state index is 0.106. The summed E-state index contributed by atoms with van der Waals surface area (Å²) in [7, 11) is 0. The first kappa shape index (κ1) is 13.1. The average Bonchev–Trinajstić information content (AvgIpc) is 2.70. The normalized spacial score (nSPS) is 12.5. The van der Waals surface area contributed by atoms with E-state index in [1.165, 1.54) is 11.3 Å². The highest BCUT2D eigenvalue weighted by Crippen LogP contribution is 2.30. The lowest BCUT2D eigenvalue weighted by molar-refractivity contribution is 0.890. The van der Waals surface area contributed by atoms with Crippen LogP contribution in [-0.2, 0) is 0 Å². The van der Waals surface area contributed by atoms with Gasteiger partial charge in [0.25, 0.3) is 0 Å². The van der Waals surface area contributed by atoms with Crippen LogP contribution in [0.15, 0.2) is 22.8 Å². The number of hydrogen-bond acceptors (Lipinski definition) is 4. The molecule has 0 fully saturated rings. The fourth-order valence-electron chi connectivity index (χ4n) is 1.28. The van der Waals surface area contributed by atoms with Crippen molar-refractivity contribution in [3.8, 4) is 0 Å². The zero-order valence-corrected chi connectivity index (χ0v) is 12.7. The predicted molar refractivity (Wildman–Crippen MR) is 76.1 cm³/mol. The van der Waals surface area contributed by atoms with Crippen LogP contribution in [0.1, 0.15) is 17.8 Å². The highest BCUT2D eigenvalue weighted by molar-refractivity contribution is 9.10. The number of hydrogen-bond donors (Lipinski definition) is 1. The summed E-state index contributed by atoms with van der Waals surface area (Å²) in [5.41, 5.74) is 0. The summed E-state index contributed by atoms with van der Waals surface area (Å²) in [5.74, 6) is 0.669. The minimum absolute atomic E-state index is 0.106. The highest BCUT2D eigenvalue weighted by atomic mass is 79.9. The summed E-state index contributed by atoms with van der Waals surface area (Å²) in [5, 5.41) is 3.46. The summed E-state index contributed by atoms with van der Waals surface area (Å²) in [6, 6.07) is 3.97. The molecule has 0 aromatic carbocycles. The van der Waals surface area contributed by atoms with Gasteiger partial charge in [-0.3, -0.25) is 0 Å². The Morgan fingerprint density at radius 3 is 2.82 bits per heavy atom. The van der Waals surface area contributed by atoms with E-state index in [0.29, 0.717) is 5.82 Å². The summed E-state index contributed by atoms with van der Waals surface area (Å²) < 4.78 is 1.55. The molecular formula is C10H8BrCl2N3S. The van der Waals surface area contributed by atoms with Crippen molar-refractivity contribution >= 4 is 56.3 Å². The second-order valence-corrected chi connectivity index (χ2v) is 6.28. The molecule has 90 valence electrons. The van der Waals surface area contributed by atoms with Gasteiger partial charge in [-0.25, -0.2) is 4.98 Å². The molecule has 0 saturated heterocycles. The topological polar surface area (TPSA) is 37.8 Å². The molecule has 0 aliphatic rings. The molecule has 2 heterocycles. The van der Waals surface area contributed by atoms with Gasteiger partial charge >= 0.3 is 0 Å². The molecule has 2 aromatic heterocycles. The fraction of sp³-hybridized carbons (Fsp3) is 0.200. The Bertz CT molecular complexity index is 532. The predicted octanol–water partition coefficient (Wildman–Crippen LogP) is 4.78. The van der Waals surface area contributed by atoms with Crippen molar-refractivity contribution in [2.45, 2.75) is 13.0 Å². The van der Waals surface area contributed by atoms with Crippen LogP contribution in [0.2, 0.25) is 9.62 Å². The number of thiophene rings is 1. The summed E-state index contributed by atoms with van der Waals surface area (Å²) in [6.45, 7) is 2.03. The zero-order chi connectivity index (χ0) is 12.4. The van der Waals surface area contributed by atoms with E-state index in [2.05, 4.69) is 31.2 Å². The van der Waals surface area contributed by atoms with Gasteiger partial charge in [0, 0.05) is 11.1 Å². The molecule has 17 heavy (non-hydrogen) atoms. The largest absolute Gasteiger partial charge is 0.362 e. The molecule has 2 aromatic rings. The van der Waals surface area contributed by atoms with Crippen LogP contribution < -0.4 is 5.32 Å². The third-order valence-corrected chi connectivity index (χ3v) is 4.26. The van der Waals surface area contributed by atoms with Crippen molar-refractivity contribution in [1.82, 2.24) is 9.97 Å². The Kier molecular flexibility index (Phi) is 4.25. The van der Waals surface area contributed by atoms with E-state index in [-0.39, 0.29) is 11.3 Å². The molecule has 2 rings (SSSR count). The molecule has 1 atom stereocenters. The lowest BCUT2D eigenvalue weighted by Crippen LogP contribution is -2.07. The number of aromatic nitrogens is 2. The SMILES string of the molecule is CC(Nc1nc(Cl)ncc1Br)c1ccc(Cl)s1. The summed E-state index contributed by atoms with van der Waals surface area (Å²) >= 11 is 16.6. The van der Waals surface area contributed by atoms with E-state index in [4.69, 9.17) is 23.2 Å². The van der Waals surface area contributed by atoms with Crippen molar-refractivity contribution in [3.05, 3.63) is 37.3 Å². The Morgan fingerprint density at radius 2 is 2.18 bits per heavy atom. The van der Waals surface area contributed by atoms with E-state index in [0.717, 1.165) is 13.7 Å². The van der Waals surface area contributed by atoms with Crippen molar-refractivity contribution in [2.75, 3.05) is 5.32 Å². The Balaban J connectivity index is 2.18. The number of rotatable bonds is 3. The minimum Gasteiger partial charge on any atom is -0.362 e. The quantitative estimate of drug-likeness (QED) is 0.807. The molecular weight excluding hydrogens is 345 g/mol. The van der Waals surface area contributed by atoms with Crippen molar-refractivity contribution in [2.24, 2.45) is 0 Å². The average molecular weight is 353 g/mol. The second-order valence-electron chi connectivity index (χ2n) is 3.34. The molecule has 3 nitrogen and oxygen atoms in total. The molecule has 1 N–H and O–H groups in total. The molecule has 0 aliphatic carbocycles. The van der Waals surface area contributed by atoms with Gasteiger partial charge in [0.05, 0.1) is 14.9 Å². The first-order chi connectivity index (χ1) is 8.06.